The molecule has 2 unspecified atom stereocenters. The lowest BCUT2D eigenvalue weighted by Gasteiger charge is -2.38. The third kappa shape index (κ3) is 2.83. The molecule has 0 aromatic carbocycles. The summed E-state index contributed by atoms with van der Waals surface area (Å²) >= 11 is 0. The largest absolute Gasteiger partial charge is 0.371 e. The van der Waals surface area contributed by atoms with Crippen molar-refractivity contribution < 1.29 is 0 Å². The molecule has 100 valence electrons. The van der Waals surface area contributed by atoms with Gasteiger partial charge in [0.15, 0.2) is 0 Å². The van der Waals surface area contributed by atoms with E-state index in [2.05, 4.69) is 35.2 Å². The smallest absolute Gasteiger partial charge is 0.0442 e. The van der Waals surface area contributed by atoms with Crippen molar-refractivity contribution in [3.05, 3.63) is 24.0 Å². The Hall–Kier alpha value is -1.09. The molecule has 0 amide bonds. The Labute approximate surface area is 111 Å². The van der Waals surface area contributed by atoms with Crippen LogP contribution in [0.5, 0.6) is 0 Å². The van der Waals surface area contributed by atoms with E-state index in [0.29, 0.717) is 6.04 Å². The highest BCUT2D eigenvalue weighted by Crippen LogP contribution is 2.31. The maximum Gasteiger partial charge on any atom is 0.0442 e. The summed E-state index contributed by atoms with van der Waals surface area (Å²) in [7, 11) is 4.22. The molecule has 0 saturated heterocycles. The number of nitrogens with one attached hydrogen (secondary N) is 1. The lowest BCUT2D eigenvalue weighted by Crippen LogP contribution is -2.39. The topological polar surface area (TPSA) is 28.2 Å². The minimum absolute atomic E-state index is 0.678. The predicted molar refractivity (Wildman–Crippen MR) is 76.8 cm³/mol. The Kier molecular flexibility index (Phi) is 4.59. The highest BCUT2D eigenvalue weighted by Gasteiger charge is 2.26. The second-order valence-corrected chi connectivity index (χ2v) is 5.47. The average Bonchev–Trinajstić information content (AvgIpc) is 2.40. The summed E-state index contributed by atoms with van der Waals surface area (Å²) in [4.78, 5) is 6.71. The van der Waals surface area contributed by atoms with Crippen molar-refractivity contribution in [2.45, 2.75) is 45.2 Å². The van der Waals surface area contributed by atoms with Crippen LogP contribution in [-0.4, -0.2) is 25.1 Å². The number of hydrogen-bond acceptors (Lipinski definition) is 3. The standard InChI is InChI=1S/C15H25N3/c1-12-6-4-5-7-14(12)18(3)15-8-9-17-11-13(15)10-16-2/h8-9,11-12,14,16H,4-7,10H2,1-3H3. The van der Waals surface area contributed by atoms with Gasteiger partial charge < -0.3 is 10.2 Å². The zero-order valence-corrected chi connectivity index (χ0v) is 11.8. The molecule has 3 nitrogen and oxygen atoms in total. The molecule has 0 aliphatic heterocycles. The van der Waals surface area contributed by atoms with Crippen molar-refractivity contribution in [2.75, 3.05) is 19.0 Å². The molecule has 1 aromatic rings. The van der Waals surface area contributed by atoms with Gasteiger partial charge in [0.25, 0.3) is 0 Å². The van der Waals surface area contributed by atoms with E-state index in [1.54, 1.807) is 0 Å². The first-order chi connectivity index (χ1) is 8.74. The summed E-state index contributed by atoms with van der Waals surface area (Å²) < 4.78 is 0. The maximum absolute atomic E-state index is 4.24. The van der Waals surface area contributed by atoms with E-state index < -0.39 is 0 Å². The lowest BCUT2D eigenvalue weighted by atomic mass is 9.85. The van der Waals surface area contributed by atoms with Crippen LogP contribution < -0.4 is 10.2 Å². The fraction of sp³-hybridized carbons (Fsp3) is 0.667. The van der Waals surface area contributed by atoms with Gasteiger partial charge in [-0.25, -0.2) is 0 Å². The Bertz CT molecular complexity index is 378. The van der Waals surface area contributed by atoms with E-state index in [1.165, 1.54) is 36.9 Å². The van der Waals surface area contributed by atoms with Gasteiger partial charge in [-0.05, 0) is 31.9 Å². The van der Waals surface area contributed by atoms with Crippen molar-refractivity contribution in [1.29, 1.82) is 0 Å². The molecule has 18 heavy (non-hydrogen) atoms. The molecule has 3 heteroatoms. The third-order valence-corrected chi connectivity index (χ3v) is 4.19. The van der Waals surface area contributed by atoms with Crippen LogP contribution in [0.25, 0.3) is 0 Å². The Morgan fingerprint density at radius 1 is 1.39 bits per heavy atom. The van der Waals surface area contributed by atoms with Gasteiger partial charge in [0.2, 0.25) is 0 Å². The maximum atomic E-state index is 4.24. The van der Waals surface area contributed by atoms with E-state index in [0.717, 1.165) is 12.5 Å². The van der Waals surface area contributed by atoms with E-state index in [4.69, 9.17) is 0 Å². The van der Waals surface area contributed by atoms with Crippen molar-refractivity contribution in [1.82, 2.24) is 10.3 Å². The number of pyridine rings is 1. The van der Waals surface area contributed by atoms with E-state index in [-0.39, 0.29) is 0 Å². The van der Waals surface area contributed by atoms with Crippen LogP contribution in [0.4, 0.5) is 5.69 Å². The van der Waals surface area contributed by atoms with Gasteiger partial charge in [-0.2, -0.15) is 0 Å². The minimum atomic E-state index is 0.678. The van der Waals surface area contributed by atoms with Gasteiger partial charge in [-0.1, -0.05) is 19.8 Å². The van der Waals surface area contributed by atoms with Gasteiger partial charge in [-0.3, -0.25) is 4.98 Å². The Morgan fingerprint density at radius 2 is 2.17 bits per heavy atom. The van der Waals surface area contributed by atoms with Crippen LogP contribution in [0.1, 0.15) is 38.2 Å². The molecule has 2 rings (SSSR count). The molecule has 2 atom stereocenters. The third-order valence-electron chi connectivity index (χ3n) is 4.19. The monoisotopic (exact) mass is 247 g/mol. The predicted octanol–water partition coefficient (Wildman–Crippen LogP) is 2.82. The zero-order valence-electron chi connectivity index (χ0n) is 11.8. The van der Waals surface area contributed by atoms with Crippen molar-refractivity contribution in [3.63, 3.8) is 0 Å². The first-order valence-electron chi connectivity index (χ1n) is 7.04. The molecule has 1 N–H and O–H groups in total. The second kappa shape index (κ2) is 6.19. The summed E-state index contributed by atoms with van der Waals surface area (Å²) in [6.07, 6.45) is 9.33. The fourth-order valence-electron chi connectivity index (χ4n) is 3.14. The number of anilines is 1. The molecule has 0 spiro atoms. The Balaban J connectivity index is 2.19. The van der Waals surface area contributed by atoms with Crippen molar-refractivity contribution >= 4 is 5.69 Å². The van der Waals surface area contributed by atoms with Gasteiger partial charge >= 0.3 is 0 Å². The summed E-state index contributed by atoms with van der Waals surface area (Å²) in [5.74, 6) is 0.791. The summed E-state index contributed by atoms with van der Waals surface area (Å²) in [6, 6.07) is 2.82. The molecule has 0 radical (unpaired) electrons. The summed E-state index contributed by atoms with van der Waals surface area (Å²) in [6.45, 7) is 3.27. The first kappa shape index (κ1) is 13.3. The molecule has 1 fully saturated rings. The quantitative estimate of drug-likeness (QED) is 0.887. The Morgan fingerprint density at radius 3 is 2.89 bits per heavy atom. The van der Waals surface area contributed by atoms with E-state index in [1.807, 2.05) is 19.4 Å². The first-order valence-corrected chi connectivity index (χ1v) is 7.04. The number of nitrogens with zero attached hydrogens (tertiary/aromatic N) is 2. The van der Waals surface area contributed by atoms with Crippen LogP contribution in [0, 0.1) is 5.92 Å². The zero-order chi connectivity index (χ0) is 13.0. The molecular weight excluding hydrogens is 222 g/mol. The summed E-state index contributed by atoms with van der Waals surface area (Å²) in [5, 5.41) is 3.23. The molecule has 0 bridgehead atoms. The highest BCUT2D eigenvalue weighted by atomic mass is 15.1. The normalized spacial score (nSPS) is 23.9. The van der Waals surface area contributed by atoms with E-state index in [9.17, 15) is 0 Å². The molecule has 1 heterocycles. The minimum Gasteiger partial charge on any atom is -0.371 e. The van der Waals surface area contributed by atoms with Crippen LogP contribution >= 0.6 is 0 Å². The van der Waals surface area contributed by atoms with Crippen molar-refractivity contribution in [2.24, 2.45) is 5.92 Å². The number of rotatable bonds is 4. The van der Waals surface area contributed by atoms with Crippen LogP contribution in [0.15, 0.2) is 18.5 Å². The number of aromatic nitrogens is 1. The highest BCUT2D eigenvalue weighted by molar-refractivity contribution is 5.52. The molecule has 1 aromatic heterocycles. The van der Waals surface area contributed by atoms with Crippen molar-refractivity contribution in [3.8, 4) is 0 Å². The van der Waals surface area contributed by atoms with Crippen LogP contribution in [0.2, 0.25) is 0 Å². The molecule has 1 saturated carbocycles. The SMILES string of the molecule is CNCc1cnccc1N(C)C1CCCCC1C. The van der Waals surface area contributed by atoms with Gasteiger partial charge in [0.1, 0.15) is 0 Å². The van der Waals surface area contributed by atoms with Gasteiger partial charge in [0, 0.05) is 43.3 Å². The fourth-order valence-corrected chi connectivity index (χ4v) is 3.14. The molecule has 1 aliphatic rings. The average molecular weight is 247 g/mol. The number of hydrogen-bond donors (Lipinski definition) is 1. The van der Waals surface area contributed by atoms with E-state index >= 15 is 0 Å². The molecular formula is C15H25N3. The summed E-state index contributed by atoms with van der Waals surface area (Å²) in [5.41, 5.74) is 2.62. The van der Waals surface area contributed by atoms with Crippen LogP contribution in [0.3, 0.4) is 0 Å². The van der Waals surface area contributed by atoms with Gasteiger partial charge in [-0.15, -0.1) is 0 Å². The van der Waals surface area contributed by atoms with Crippen LogP contribution in [-0.2, 0) is 6.54 Å². The molecule has 1 aliphatic carbocycles. The second-order valence-electron chi connectivity index (χ2n) is 5.47. The lowest BCUT2D eigenvalue weighted by molar-refractivity contribution is 0.321. The van der Waals surface area contributed by atoms with Gasteiger partial charge in [0.05, 0.1) is 0 Å².